The van der Waals surface area contributed by atoms with Crippen LogP contribution in [0.4, 0.5) is 4.39 Å². The molecule has 2 aromatic rings. The average molecular weight is 210 g/mol. The molecule has 0 saturated carbocycles. The smallest absolute Gasteiger partial charge is 0.314 e. The van der Waals surface area contributed by atoms with Crippen molar-refractivity contribution in [3.63, 3.8) is 0 Å². The third-order valence-corrected chi connectivity index (χ3v) is 1.99. The molecule has 0 spiro atoms. The maximum absolute atomic E-state index is 13.2. The van der Waals surface area contributed by atoms with Crippen molar-refractivity contribution in [1.29, 1.82) is 0 Å². The van der Waals surface area contributed by atoms with E-state index in [1.54, 1.807) is 0 Å². The van der Waals surface area contributed by atoms with E-state index >= 15 is 0 Å². The summed E-state index contributed by atoms with van der Waals surface area (Å²) in [6, 6.07) is 2.40. The third kappa shape index (κ3) is 1.50. The molecule has 1 aromatic carbocycles. The molecule has 15 heavy (non-hydrogen) atoms. The number of rotatable bonds is 1. The highest BCUT2D eigenvalue weighted by Crippen LogP contribution is 2.20. The van der Waals surface area contributed by atoms with Crippen LogP contribution in [0.5, 0.6) is 5.75 Å². The molecule has 2 N–H and O–H groups in total. The standard InChI is InChI=1S/C9H7FN2O3/c1-15-7-3-6-5(2-4(7)10)11-8(13)9(14)12-6/h2-3H,1H3,(H,11,13)(H,12,14). The van der Waals surface area contributed by atoms with Crippen LogP contribution < -0.4 is 15.9 Å². The number of benzene rings is 1. The molecule has 0 fully saturated rings. The van der Waals surface area contributed by atoms with Crippen molar-refractivity contribution in [2.45, 2.75) is 0 Å². The third-order valence-electron chi connectivity index (χ3n) is 1.99. The molecule has 0 aliphatic carbocycles. The predicted molar refractivity (Wildman–Crippen MR) is 51.7 cm³/mol. The summed E-state index contributed by atoms with van der Waals surface area (Å²) in [7, 11) is 1.31. The van der Waals surface area contributed by atoms with Crippen molar-refractivity contribution in [1.82, 2.24) is 9.97 Å². The minimum atomic E-state index is -0.813. The summed E-state index contributed by atoms with van der Waals surface area (Å²) in [6.07, 6.45) is 0. The molecule has 0 unspecified atom stereocenters. The van der Waals surface area contributed by atoms with Crippen molar-refractivity contribution in [3.05, 3.63) is 38.7 Å². The fraction of sp³-hybridized carbons (Fsp3) is 0.111. The van der Waals surface area contributed by atoms with E-state index in [4.69, 9.17) is 4.74 Å². The van der Waals surface area contributed by atoms with E-state index in [0.717, 1.165) is 6.07 Å². The molecule has 1 aromatic heterocycles. The molecular weight excluding hydrogens is 203 g/mol. The van der Waals surface area contributed by atoms with Crippen molar-refractivity contribution in [2.24, 2.45) is 0 Å². The van der Waals surface area contributed by atoms with Gasteiger partial charge in [-0.3, -0.25) is 9.59 Å². The average Bonchev–Trinajstić information content (AvgIpc) is 2.20. The van der Waals surface area contributed by atoms with Gasteiger partial charge in [0.2, 0.25) is 0 Å². The van der Waals surface area contributed by atoms with Gasteiger partial charge in [0.05, 0.1) is 18.1 Å². The monoisotopic (exact) mass is 210 g/mol. The highest BCUT2D eigenvalue weighted by Gasteiger charge is 2.06. The minimum absolute atomic E-state index is 0.00481. The molecule has 0 radical (unpaired) electrons. The Kier molecular flexibility index (Phi) is 2.03. The second-order valence-corrected chi connectivity index (χ2v) is 2.94. The molecule has 0 saturated heterocycles. The van der Waals surface area contributed by atoms with E-state index in [9.17, 15) is 14.0 Å². The maximum atomic E-state index is 13.2. The van der Waals surface area contributed by atoms with Crippen LogP contribution in [0.25, 0.3) is 11.0 Å². The van der Waals surface area contributed by atoms with E-state index in [1.165, 1.54) is 13.2 Å². The first kappa shape index (κ1) is 9.45. The Hall–Kier alpha value is -2.11. The van der Waals surface area contributed by atoms with E-state index in [2.05, 4.69) is 9.97 Å². The van der Waals surface area contributed by atoms with Crippen molar-refractivity contribution < 1.29 is 9.13 Å². The number of aromatic nitrogens is 2. The SMILES string of the molecule is COc1cc2[nH]c(=O)c(=O)[nH]c2cc1F. The van der Waals surface area contributed by atoms with Crippen LogP contribution >= 0.6 is 0 Å². The summed E-state index contributed by atoms with van der Waals surface area (Å²) < 4.78 is 17.9. The van der Waals surface area contributed by atoms with E-state index in [1.807, 2.05) is 0 Å². The van der Waals surface area contributed by atoms with E-state index < -0.39 is 16.9 Å². The van der Waals surface area contributed by atoms with Gasteiger partial charge in [0.1, 0.15) is 0 Å². The molecule has 0 atom stereocenters. The molecule has 2 rings (SSSR count). The zero-order chi connectivity index (χ0) is 11.0. The number of nitrogens with one attached hydrogen (secondary N) is 2. The summed E-state index contributed by atoms with van der Waals surface area (Å²) in [6.45, 7) is 0. The van der Waals surface area contributed by atoms with Gasteiger partial charge >= 0.3 is 11.1 Å². The molecule has 0 amide bonds. The lowest BCUT2D eigenvalue weighted by Crippen LogP contribution is -2.28. The topological polar surface area (TPSA) is 75.0 Å². The number of fused-ring (bicyclic) bond motifs is 1. The van der Waals surface area contributed by atoms with Gasteiger partial charge in [0.25, 0.3) is 0 Å². The lowest BCUT2D eigenvalue weighted by Gasteiger charge is -2.03. The van der Waals surface area contributed by atoms with Crippen LogP contribution in [0.2, 0.25) is 0 Å². The molecule has 0 aliphatic heterocycles. The molecule has 6 heteroatoms. The predicted octanol–water partition coefficient (Wildman–Crippen LogP) is 0.364. The number of methoxy groups -OCH3 is 1. The first-order valence-electron chi connectivity index (χ1n) is 4.11. The molecule has 1 heterocycles. The Morgan fingerprint density at radius 1 is 1.13 bits per heavy atom. The van der Waals surface area contributed by atoms with Gasteiger partial charge in [0, 0.05) is 12.1 Å². The van der Waals surface area contributed by atoms with Crippen LogP contribution in [-0.2, 0) is 0 Å². The Morgan fingerprint density at radius 3 is 2.20 bits per heavy atom. The highest BCUT2D eigenvalue weighted by molar-refractivity contribution is 5.75. The minimum Gasteiger partial charge on any atom is -0.494 e. The van der Waals surface area contributed by atoms with Crippen LogP contribution in [0, 0.1) is 5.82 Å². The quantitative estimate of drug-likeness (QED) is 0.667. The van der Waals surface area contributed by atoms with Gasteiger partial charge in [-0.2, -0.15) is 0 Å². The van der Waals surface area contributed by atoms with Gasteiger partial charge in [-0.25, -0.2) is 4.39 Å². The highest BCUT2D eigenvalue weighted by atomic mass is 19.1. The Morgan fingerprint density at radius 2 is 1.67 bits per heavy atom. The Bertz CT molecular complexity index is 629. The maximum Gasteiger partial charge on any atom is 0.314 e. The summed E-state index contributed by atoms with van der Waals surface area (Å²) in [5, 5.41) is 0. The van der Waals surface area contributed by atoms with Gasteiger partial charge in [-0.15, -0.1) is 0 Å². The first-order chi connectivity index (χ1) is 7.11. The van der Waals surface area contributed by atoms with Crippen LogP contribution in [0.1, 0.15) is 0 Å². The van der Waals surface area contributed by atoms with Crippen molar-refractivity contribution >= 4 is 11.0 Å². The molecule has 78 valence electrons. The molecule has 5 nitrogen and oxygen atoms in total. The summed E-state index contributed by atoms with van der Waals surface area (Å²) in [5.74, 6) is -0.599. The number of aromatic amines is 2. The Balaban J connectivity index is 2.88. The van der Waals surface area contributed by atoms with Crippen LogP contribution in [0.15, 0.2) is 21.7 Å². The second kappa shape index (κ2) is 3.23. The summed E-state index contributed by atoms with van der Waals surface area (Å²) in [4.78, 5) is 26.5. The van der Waals surface area contributed by atoms with Crippen molar-refractivity contribution in [2.75, 3.05) is 7.11 Å². The number of ether oxygens (including phenoxy) is 1. The molecule has 0 aliphatic rings. The van der Waals surface area contributed by atoms with Gasteiger partial charge < -0.3 is 14.7 Å². The zero-order valence-corrected chi connectivity index (χ0v) is 7.76. The lowest BCUT2D eigenvalue weighted by atomic mass is 10.2. The largest absolute Gasteiger partial charge is 0.494 e. The molecule has 0 bridgehead atoms. The van der Waals surface area contributed by atoms with Gasteiger partial charge in [-0.05, 0) is 0 Å². The van der Waals surface area contributed by atoms with Crippen LogP contribution in [-0.4, -0.2) is 17.1 Å². The number of hydrogen-bond donors (Lipinski definition) is 2. The number of H-pyrrole nitrogens is 2. The molecular formula is C9H7FN2O3. The fourth-order valence-corrected chi connectivity index (χ4v) is 1.27. The van der Waals surface area contributed by atoms with Crippen LogP contribution in [0.3, 0.4) is 0 Å². The van der Waals surface area contributed by atoms with Gasteiger partial charge in [-0.1, -0.05) is 0 Å². The zero-order valence-electron chi connectivity index (χ0n) is 7.76. The normalized spacial score (nSPS) is 10.5. The first-order valence-corrected chi connectivity index (χ1v) is 4.11. The second-order valence-electron chi connectivity index (χ2n) is 2.94. The number of halogens is 1. The van der Waals surface area contributed by atoms with Crippen molar-refractivity contribution in [3.8, 4) is 5.75 Å². The lowest BCUT2D eigenvalue weighted by molar-refractivity contribution is 0.387. The van der Waals surface area contributed by atoms with Gasteiger partial charge in [0.15, 0.2) is 11.6 Å². The summed E-state index contributed by atoms with van der Waals surface area (Å²) >= 11 is 0. The number of hydrogen-bond acceptors (Lipinski definition) is 3. The summed E-state index contributed by atoms with van der Waals surface area (Å²) in [5.41, 5.74) is -1.06. The van der Waals surface area contributed by atoms with E-state index in [0.29, 0.717) is 5.52 Å². The Labute approximate surface area is 82.5 Å². The van der Waals surface area contributed by atoms with E-state index in [-0.39, 0.29) is 11.3 Å². The fourth-order valence-electron chi connectivity index (χ4n) is 1.27.